The second kappa shape index (κ2) is 10.3. The molecule has 2 aliphatic heterocycles. The van der Waals surface area contributed by atoms with Gasteiger partial charge in [0.2, 0.25) is 0 Å². The van der Waals surface area contributed by atoms with Gasteiger partial charge >= 0.3 is 0 Å². The molecule has 0 saturated heterocycles. The van der Waals surface area contributed by atoms with Crippen molar-refractivity contribution in [3.63, 3.8) is 0 Å². The number of aromatic nitrogens is 2. The van der Waals surface area contributed by atoms with E-state index in [1.807, 2.05) is 4.68 Å². The second-order valence-electron chi connectivity index (χ2n) is 9.59. The molecule has 7 nitrogen and oxygen atoms in total. The van der Waals surface area contributed by atoms with Crippen LogP contribution in [0.1, 0.15) is 47.2 Å². The predicted molar refractivity (Wildman–Crippen MR) is 145 cm³/mol. The number of nitrogens with zero attached hydrogens (tertiary/aromatic N) is 3. The van der Waals surface area contributed by atoms with E-state index in [4.69, 9.17) is 0 Å². The fourth-order valence-electron chi connectivity index (χ4n) is 5.15. The molecular weight excluding hydrogens is 609 g/mol. The normalized spacial score (nSPS) is 14.9. The van der Waals surface area contributed by atoms with Gasteiger partial charge in [-0.2, -0.15) is 5.10 Å². The maximum absolute atomic E-state index is 14.6. The Morgan fingerprint density at radius 3 is 2.50 bits per heavy atom. The molecule has 0 fully saturated rings. The van der Waals surface area contributed by atoms with Crippen molar-refractivity contribution in [2.75, 3.05) is 6.54 Å². The van der Waals surface area contributed by atoms with E-state index in [1.165, 1.54) is 23.5 Å². The Kier molecular flexibility index (Phi) is 6.83. The first-order valence-electron chi connectivity index (χ1n) is 12.5. The minimum absolute atomic E-state index is 0.199. The number of nitrogens with one attached hydrogen (secondary N) is 1. The summed E-state index contributed by atoms with van der Waals surface area (Å²) < 4.78 is 44.9. The van der Waals surface area contributed by atoms with Crippen molar-refractivity contribution >= 4 is 45.0 Å². The molecule has 0 aliphatic carbocycles. The number of thiophene rings is 1. The highest BCUT2D eigenvalue weighted by Gasteiger charge is 2.37. The van der Waals surface area contributed by atoms with Crippen molar-refractivity contribution in [3.05, 3.63) is 97.0 Å². The van der Waals surface area contributed by atoms with Gasteiger partial charge in [0, 0.05) is 23.5 Å². The molecule has 1 N–H and O–H groups in total. The van der Waals surface area contributed by atoms with Gasteiger partial charge in [0.1, 0.15) is 0 Å². The summed E-state index contributed by atoms with van der Waals surface area (Å²) in [4.78, 5) is 41.9. The third-order valence-electron chi connectivity index (χ3n) is 7.05. The maximum Gasteiger partial charge on any atom is 0.261 e. The van der Waals surface area contributed by atoms with Crippen LogP contribution in [0.2, 0.25) is 0 Å². The lowest BCUT2D eigenvalue weighted by atomic mass is 10.0. The van der Waals surface area contributed by atoms with Gasteiger partial charge in [0.25, 0.3) is 17.7 Å². The van der Waals surface area contributed by atoms with Gasteiger partial charge in [0.15, 0.2) is 17.5 Å². The van der Waals surface area contributed by atoms with Gasteiger partial charge in [-0.1, -0.05) is 18.2 Å². The molecule has 6 rings (SSSR count). The molecule has 2 aliphatic rings. The Balaban J connectivity index is 1.31. The number of carbonyl (C=O) groups is 3. The number of fused-ring (bicyclic) bond motifs is 4. The number of hydrogen-bond acceptors (Lipinski definition) is 5. The summed E-state index contributed by atoms with van der Waals surface area (Å²) in [5.41, 5.74) is 1.99. The van der Waals surface area contributed by atoms with Crippen LogP contribution in [-0.2, 0) is 19.4 Å². The fraction of sp³-hybridized carbons (Fsp3) is 0.214. The smallest absolute Gasteiger partial charge is 0.261 e. The largest absolute Gasteiger partial charge is 0.346 e. The predicted octanol–water partition coefficient (Wildman–Crippen LogP) is 5.37. The van der Waals surface area contributed by atoms with Crippen molar-refractivity contribution in [1.82, 2.24) is 20.0 Å². The molecule has 40 heavy (non-hydrogen) atoms. The molecule has 204 valence electrons. The Labute approximate surface area is 238 Å². The standard InChI is InChI=1S/C28H20BrF3N4O3S/c29-19-12-33-36-9-3-6-21-18(25(19)36)11-22(40-21)26(37)34-15(10-14-7-8-20(30)24(32)23(14)31)13-35-27(38)16-4-1-2-5-17(16)28(35)39/h1-2,4-5,7-8,11-12,15H,3,6,9-10,13H2,(H,34,37)/t15-/m0/s1. The molecule has 0 spiro atoms. The Bertz CT molecular complexity index is 1670. The van der Waals surface area contributed by atoms with Gasteiger partial charge in [-0.3, -0.25) is 24.0 Å². The van der Waals surface area contributed by atoms with Crippen LogP contribution in [0.5, 0.6) is 0 Å². The Morgan fingerprint density at radius 1 is 1.05 bits per heavy atom. The van der Waals surface area contributed by atoms with Gasteiger partial charge in [-0.25, -0.2) is 13.2 Å². The number of amides is 3. The topological polar surface area (TPSA) is 84.3 Å². The molecular formula is C28H20BrF3N4O3S. The lowest BCUT2D eigenvalue weighted by molar-refractivity contribution is 0.0628. The zero-order chi connectivity index (χ0) is 28.1. The SMILES string of the molecule is O=C(N[C@@H](Cc1ccc(F)c(F)c1F)CN1C(=O)c2ccccc2C1=O)c1cc2c(s1)CCCn1ncc(Br)c1-2. The Hall–Kier alpha value is -3.77. The van der Waals surface area contributed by atoms with E-state index >= 15 is 0 Å². The molecule has 0 saturated carbocycles. The van der Waals surface area contributed by atoms with Crippen molar-refractivity contribution < 1.29 is 27.6 Å². The van der Waals surface area contributed by atoms with E-state index in [0.29, 0.717) is 4.88 Å². The molecule has 3 amide bonds. The van der Waals surface area contributed by atoms with Crippen LogP contribution >= 0.6 is 27.3 Å². The van der Waals surface area contributed by atoms with Crippen molar-refractivity contribution in [2.24, 2.45) is 0 Å². The molecule has 4 aromatic rings. The van der Waals surface area contributed by atoms with Gasteiger partial charge < -0.3 is 5.32 Å². The van der Waals surface area contributed by atoms with Crippen LogP contribution in [0.15, 0.2) is 53.1 Å². The van der Waals surface area contributed by atoms with E-state index in [-0.39, 0.29) is 29.7 Å². The summed E-state index contributed by atoms with van der Waals surface area (Å²) >= 11 is 4.85. The summed E-state index contributed by atoms with van der Waals surface area (Å²) in [6.45, 7) is 0.450. The zero-order valence-corrected chi connectivity index (χ0v) is 23.1. The number of imide groups is 1. The van der Waals surface area contributed by atoms with E-state index < -0.39 is 41.2 Å². The summed E-state index contributed by atoms with van der Waals surface area (Å²) in [6.07, 6.45) is 3.01. The summed E-state index contributed by atoms with van der Waals surface area (Å²) in [6, 6.07) is 8.97. The first kappa shape index (κ1) is 26.5. The number of carbonyl (C=O) groups excluding carboxylic acids is 3. The Morgan fingerprint density at radius 2 is 1.77 bits per heavy atom. The molecule has 12 heteroatoms. The van der Waals surface area contributed by atoms with E-state index in [1.54, 1.807) is 24.4 Å². The minimum atomic E-state index is -1.63. The number of aryl methyl sites for hydroxylation is 2. The average molecular weight is 629 g/mol. The number of rotatable bonds is 6. The minimum Gasteiger partial charge on any atom is -0.346 e. The first-order valence-corrected chi connectivity index (χ1v) is 14.1. The number of benzene rings is 2. The maximum atomic E-state index is 14.6. The number of halogens is 4. The van der Waals surface area contributed by atoms with Crippen LogP contribution in [0.3, 0.4) is 0 Å². The average Bonchev–Trinajstić information content (AvgIpc) is 3.56. The van der Waals surface area contributed by atoms with Crippen molar-refractivity contribution in [2.45, 2.75) is 31.8 Å². The lowest BCUT2D eigenvalue weighted by Crippen LogP contribution is -2.47. The third kappa shape index (κ3) is 4.54. The van der Waals surface area contributed by atoms with Crippen LogP contribution in [0.25, 0.3) is 11.3 Å². The van der Waals surface area contributed by atoms with E-state index in [0.717, 1.165) is 57.0 Å². The number of hydrogen-bond donors (Lipinski definition) is 1. The molecule has 0 bridgehead atoms. The lowest BCUT2D eigenvalue weighted by Gasteiger charge is -2.24. The third-order valence-corrected chi connectivity index (χ3v) is 8.83. The summed E-state index contributed by atoms with van der Waals surface area (Å²) in [5.74, 6) is -5.95. The highest BCUT2D eigenvalue weighted by atomic mass is 79.9. The highest BCUT2D eigenvalue weighted by Crippen LogP contribution is 2.39. The monoisotopic (exact) mass is 628 g/mol. The fourth-order valence-corrected chi connectivity index (χ4v) is 6.76. The van der Waals surface area contributed by atoms with E-state index in [9.17, 15) is 27.6 Å². The van der Waals surface area contributed by atoms with Gasteiger partial charge in [-0.05, 0) is 65.0 Å². The zero-order valence-electron chi connectivity index (χ0n) is 20.7. The summed E-state index contributed by atoms with van der Waals surface area (Å²) in [5, 5.41) is 7.19. The molecule has 0 unspecified atom stereocenters. The van der Waals surface area contributed by atoms with Crippen molar-refractivity contribution in [3.8, 4) is 11.3 Å². The first-order chi connectivity index (χ1) is 19.2. The van der Waals surface area contributed by atoms with Gasteiger partial charge in [-0.15, -0.1) is 11.3 Å². The molecule has 0 radical (unpaired) electrons. The van der Waals surface area contributed by atoms with Crippen LogP contribution < -0.4 is 5.32 Å². The highest BCUT2D eigenvalue weighted by molar-refractivity contribution is 9.10. The molecule has 2 aromatic heterocycles. The summed E-state index contributed by atoms with van der Waals surface area (Å²) in [7, 11) is 0. The quantitative estimate of drug-likeness (QED) is 0.230. The molecule has 1 atom stereocenters. The van der Waals surface area contributed by atoms with Gasteiger partial charge in [0.05, 0.1) is 38.4 Å². The van der Waals surface area contributed by atoms with Crippen molar-refractivity contribution in [1.29, 1.82) is 0 Å². The van der Waals surface area contributed by atoms with Crippen LogP contribution in [-0.4, -0.2) is 45.0 Å². The molecule has 2 aromatic carbocycles. The van der Waals surface area contributed by atoms with Crippen LogP contribution in [0.4, 0.5) is 13.2 Å². The van der Waals surface area contributed by atoms with Crippen LogP contribution in [0, 0.1) is 17.5 Å². The van der Waals surface area contributed by atoms with E-state index in [2.05, 4.69) is 26.3 Å². The second-order valence-corrected chi connectivity index (χ2v) is 11.6. The molecule has 4 heterocycles.